The summed E-state index contributed by atoms with van der Waals surface area (Å²) in [5.74, 6) is -1.53. The number of nitrogens with zero attached hydrogens (tertiary/aromatic N) is 3. The summed E-state index contributed by atoms with van der Waals surface area (Å²) in [6.45, 7) is 1.58. The summed E-state index contributed by atoms with van der Waals surface area (Å²) >= 11 is 0. The van der Waals surface area contributed by atoms with Crippen molar-refractivity contribution < 1.29 is 13.6 Å². The molecule has 0 unspecified atom stereocenters. The van der Waals surface area contributed by atoms with Gasteiger partial charge in [0.1, 0.15) is 29.0 Å². The summed E-state index contributed by atoms with van der Waals surface area (Å²) in [5.41, 5.74) is 0.910. The lowest BCUT2D eigenvalue weighted by Gasteiger charge is -2.10. The predicted octanol–water partition coefficient (Wildman–Crippen LogP) is 3.93. The van der Waals surface area contributed by atoms with Crippen LogP contribution in [0.4, 0.5) is 26.0 Å². The third-order valence-electron chi connectivity index (χ3n) is 3.51. The maximum absolute atomic E-state index is 13.8. The molecule has 0 bridgehead atoms. The maximum atomic E-state index is 13.8. The van der Waals surface area contributed by atoms with Gasteiger partial charge in [0.05, 0.1) is 17.3 Å². The Labute approximate surface area is 153 Å². The minimum atomic E-state index is -0.786. The SMILES string of the molecule is Cc1nc(Nc2ccc(F)cc2F)cc(C(=O)Nc2cccc(C#N)c2)n1. The predicted molar refractivity (Wildman–Crippen MR) is 95.5 cm³/mol. The van der Waals surface area contributed by atoms with E-state index >= 15 is 0 Å². The van der Waals surface area contributed by atoms with Crippen LogP contribution in [0.5, 0.6) is 0 Å². The molecule has 6 nitrogen and oxygen atoms in total. The Balaban J connectivity index is 1.84. The van der Waals surface area contributed by atoms with Crippen LogP contribution in [0, 0.1) is 29.9 Å². The van der Waals surface area contributed by atoms with E-state index in [1.807, 2.05) is 6.07 Å². The van der Waals surface area contributed by atoms with E-state index in [-0.39, 0.29) is 17.2 Å². The zero-order chi connectivity index (χ0) is 19.4. The van der Waals surface area contributed by atoms with Crippen LogP contribution >= 0.6 is 0 Å². The lowest BCUT2D eigenvalue weighted by Crippen LogP contribution is -2.15. The van der Waals surface area contributed by atoms with Crippen LogP contribution in [0.15, 0.2) is 48.5 Å². The fraction of sp³-hybridized carbons (Fsp3) is 0.0526. The summed E-state index contributed by atoms with van der Waals surface area (Å²) in [6.07, 6.45) is 0. The average Bonchev–Trinajstić information content (AvgIpc) is 2.64. The molecule has 27 heavy (non-hydrogen) atoms. The molecule has 0 aliphatic carbocycles. The van der Waals surface area contributed by atoms with E-state index < -0.39 is 17.5 Å². The molecule has 8 heteroatoms. The van der Waals surface area contributed by atoms with Crippen LogP contribution < -0.4 is 10.6 Å². The summed E-state index contributed by atoms with van der Waals surface area (Å²) in [6, 6.07) is 12.8. The molecule has 0 aliphatic heterocycles. The third kappa shape index (κ3) is 4.41. The van der Waals surface area contributed by atoms with Gasteiger partial charge >= 0.3 is 0 Å². The molecule has 3 rings (SSSR count). The molecule has 3 aromatic rings. The third-order valence-corrected chi connectivity index (χ3v) is 3.51. The van der Waals surface area contributed by atoms with Crippen molar-refractivity contribution in [2.24, 2.45) is 0 Å². The molecule has 1 amide bonds. The van der Waals surface area contributed by atoms with Gasteiger partial charge in [0.15, 0.2) is 0 Å². The van der Waals surface area contributed by atoms with Crippen molar-refractivity contribution in [3.8, 4) is 6.07 Å². The fourth-order valence-corrected chi connectivity index (χ4v) is 2.34. The molecule has 0 aliphatic rings. The molecular weight excluding hydrogens is 352 g/mol. The number of amides is 1. The molecule has 0 fully saturated rings. The highest BCUT2D eigenvalue weighted by molar-refractivity contribution is 6.03. The number of aromatic nitrogens is 2. The van der Waals surface area contributed by atoms with Crippen LogP contribution in [0.3, 0.4) is 0 Å². The molecule has 0 radical (unpaired) electrons. The zero-order valence-corrected chi connectivity index (χ0v) is 14.1. The van der Waals surface area contributed by atoms with Crippen molar-refractivity contribution in [3.05, 3.63) is 77.2 Å². The van der Waals surface area contributed by atoms with Crippen molar-refractivity contribution in [2.45, 2.75) is 6.92 Å². The normalized spacial score (nSPS) is 10.1. The number of nitrogens with one attached hydrogen (secondary N) is 2. The molecule has 0 saturated carbocycles. The van der Waals surface area contributed by atoms with Gasteiger partial charge in [-0.3, -0.25) is 4.79 Å². The second-order valence-corrected chi connectivity index (χ2v) is 5.58. The quantitative estimate of drug-likeness (QED) is 0.731. The first kappa shape index (κ1) is 17.9. The summed E-state index contributed by atoms with van der Waals surface area (Å²) in [5, 5.41) is 14.3. The minimum Gasteiger partial charge on any atom is -0.338 e. The van der Waals surface area contributed by atoms with Gasteiger partial charge in [-0.2, -0.15) is 5.26 Å². The monoisotopic (exact) mass is 365 g/mol. The van der Waals surface area contributed by atoms with Gasteiger partial charge in [-0.25, -0.2) is 18.7 Å². The number of anilines is 3. The van der Waals surface area contributed by atoms with Gasteiger partial charge < -0.3 is 10.6 Å². The Bertz CT molecular complexity index is 1060. The number of halogens is 2. The number of hydrogen-bond acceptors (Lipinski definition) is 5. The maximum Gasteiger partial charge on any atom is 0.274 e. The van der Waals surface area contributed by atoms with Crippen molar-refractivity contribution in [1.82, 2.24) is 9.97 Å². The minimum absolute atomic E-state index is 0.0163. The Morgan fingerprint density at radius 3 is 2.67 bits per heavy atom. The number of carbonyl (C=O) groups excluding carboxylic acids is 1. The first-order chi connectivity index (χ1) is 12.9. The molecule has 0 spiro atoms. The van der Waals surface area contributed by atoms with Gasteiger partial charge in [-0.05, 0) is 37.3 Å². The highest BCUT2D eigenvalue weighted by Crippen LogP contribution is 2.20. The van der Waals surface area contributed by atoms with Crippen LogP contribution in [-0.2, 0) is 0 Å². The average molecular weight is 365 g/mol. The molecule has 1 heterocycles. The second kappa shape index (κ2) is 7.58. The largest absolute Gasteiger partial charge is 0.338 e. The highest BCUT2D eigenvalue weighted by Gasteiger charge is 2.13. The van der Waals surface area contributed by atoms with Crippen LogP contribution in [0.1, 0.15) is 21.9 Å². The smallest absolute Gasteiger partial charge is 0.274 e. The van der Waals surface area contributed by atoms with Gasteiger partial charge in [0.25, 0.3) is 5.91 Å². The second-order valence-electron chi connectivity index (χ2n) is 5.58. The standard InChI is InChI=1S/C19H13F2N5O/c1-11-23-17(19(27)25-14-4-2-3-12(7-14)10-22)9-18(24-11)26-16-6-5-13(20)8-15(16)21/h2-9H,1H3,(H,25,27)(H,23,24,26). The molecule has 0 saturated heterocycles. The van der Waals surface area contributed by atoms with Crippen molar-refractivity contribution in [2.75, 3.05) is 10.6 Å². The number of aryl methyl sites for hydroxylation is 1. The first-order valence-electron chi connectivity index (χ1n) is 7.84. The van der Waals surface area contributed by atoms with Gasteiger partial charge in [0, 0.05) is 17.8 Å². The van der Waals surface area contributed by atoms with Crippen molar-refractivity contribution >= 4 is 23.1 Å². The lowest BCUT2D eigenvalue weighted by molar-refractivity contribution is 0.102. The van der Waals surface area contributed by atoms with Crippen LogP contribution in [-0.4, -0.2) is 15.9 Å². The van der Waals surface area contributed by atoms with Gasteiger partial charge in [-0.15, -0.1) is 0 Å². The topological polar surface area (TPSA) is 90.7 Å². The van der Waals surface area contributed by atoms with E-state index in [0.717, 1.165) is 12.1 Å². The Hall–Kier alpha value is -3.86. The highest BCUT2D eigenvalue weighted by atomic mass is 19.1. The van der Waals surface area contributed by atoms with E-state index in [4.69, 9.17) is 5.26 Å². The van der Waals surface area contributed by atoms with Crippen molar-refractivity contribution in [3.63, 3.8) is 0 Å². The molecule has 0 atom stereocenters. The molecule has 2 N–H and O–H groups in total. The number of carbonyl (C=O) groups is 1. The molecule has 2 aromatic carbocycles. The molecular formula is C19H13F2N5O. The lowest BCUT2D eigenvalue weighted by atomic mass is 10.2. The summed E-state index contributed by atoms with van der Waals surface area (Å²) in [4.78, 5) is 20.6. The number of benzene rings is 2. The number of hydrogen-bond donors (Lipinski definition) is 2. The van der Waals surface area contributed by atoms with Gasteiger partial charge in [-0.1, -0.05) is 6.07 Å². The van der Waals surface area contributed by atoms with Crippen molar-refractivity contribution in [1.29, 1.82) is 5.26 Å². The fourth-order valence-electron chi connectivity index (χ4n) is 2.34. The zero-order valence-electron chi connectivity index (χ0n) is 14.1. The number of nitriles is 1. The van der Waals surface area contributed by atoms with Crippen LogP contribution in [0.2, 0.25) is 0 Å². The Morgan fingerprint density at radius 1 is 1.11 bits per heavy atom. The number of rotatable bonds is 4. The Morgan fingerprint density at radius 2 is 1.93 bits per heavy atom. The van der Waals surface area contributed by atoms with E-state index in [9.17, 15) is 13.6 Å². The van der Waals surface area contributed by atoms with E-state index in [2.05, 4.69) is 20.6 Å². The van der Waals surface area contributed by atoms with Gasteiger partial charge in [0.2, 0.25) is 0 Å². The first-order valence-corrected chi connectivity index (χ1v) is 7.84. The van der Waals surface area contributed by atoms with E-state index in [1.54, 1.807) is 25.1 Å². The van der Waals surface area contributed by atoms with E-state index in [1.165, 1.54) is 18.2 Å². The Kier molecular flexibility index (Phi) is 5.04. The summed E-state index contributed by atoms with van der Waals surface area (Å²) < 4.78 is 26.8. The van der Waals surface area contributed by atoms with Crippen LogP contribution in [0.25, 0.3) is 0 Å². The van der Waals surface area contributed by atoms with E-state index in [0.29, 0.717) is 17.1 Å². The molecule has 1 aromatic heterocycles. The summed E-state index contributed by atoms with van der Waals surface area (Å²) in [7, 11) is 0. The molecule has 134 valence electrons.